The molecule has 0 radical (unpaired) electrons. The third kappa shape index (κ3) is 3.43. The van der Waals surface area contributed by atoms with Crippen molar-refractivity contribution >= 4 is 17.4 Å². The lowest BCUT2D eigenvalue weighted by molar-refractivity contribution is 0.255. The van der Waals surface area contributed by atoms with Gasteiger partial charge in [-0.05, 0) is 37.0 Å². The summed E-state index contributed by atoms with van der Waals surface area (Å²) in [6, 6.07) is 15.5. The Morgan fingerprint density at radius 1 is 1.11 bits per heavy atom. The predicted molar refractivity (Wildman–Crippen MR) is 104 cm³/mol. The van der Waals surface area contributed by atoms with E-state index in [-0.39, 0.29) is 11.1 Å². The van der Waals surface area contributed by atoms with Crippen LogP contribution in [0.25, 0.3) is 5.70 Å². The minimum absolute atomic E-state index is 0.0930. The van der Waals surface area contributed by atoms with Crippen LogP contribution in [0.4, 0.5) is 14.9 Å². The molecule has 0 saturated carbocycles. The SMILES string of the molecule is CCC1(CC)Cc2ccccc2C(NC(=O)Nc2ccccc2F)=C1C#N. The van der Waals surface area contributed by atoms with Gasteiger partial charge in [-0.2, -0.15) is 5.26 Å². The number of rotatable bonds is 4. The second-order valence-electron chi connectivity index (χ2n) is 6.74. The highest BCUT2D eigenvalue weighted by atomic mass is 19.1. The molecule has 1 aliphatic carbocycles. The summed E-state index contributed by atoms with van der Waals surface area (Å²) in [5.41, 5.74) is 2.81. The predicted octanol–water partition coefficient (Wildman–Crippen LogP) is 5.24. The average molecular weight is 363 g/mol. The van der Waals surface area contributed by atoms with E-state index >= 15 is 0 Å². The lowest BCUT2D eigenvalue weighted by Crippen LogP contribution is -2.36. The molecule has 0 unspecified atom stereocenters. The van der Waals surface area contributed by atoms with Gasteiger partial charge in [0.05, 0.1) is 23.0 Å². The fourth-order valence-corrected chi connectivity index (χ4v) is 3.76. The molecule has 5 heteroatoms. The summed E-state index contributed by atoms with van der Waals surface area (Å²) in [4.78, 5) is 12.6. The number of fused-ring (bicyclic) bond motifs is 1. The van der Waals surface area contributed by atoms with Crippen molar-refractivity contribution in [3.05, 3.63) is 71.0 Å². The van der Waals surface area contributed by atoms with Crippen LogP contribution in [-0.2, 0) is 6.42 Å². The Kier molecular flexibility index (Phi) is 5.27. The number of para-hydroxylation sites is 1. The van der Waals surface area contributed by atoms with Gasteiger partial charge in [0.2, 0.25) is 0 Å². The molecule has 0 atom stereocenters. The van der Waals surface area contributed by atoms with Crippen molar-refractivity contribution in [2.45, 2.75) is 33.1 Å². The van der Waals surface area contributed by atoms with Gasteiger partial charge in [-0.3, -0.25) is 0 Å². The van der Waals surface area contributed by atoms with E-state index in [1.165, 1.54) is 12.1 Å². The molecule has 27 heavy (non-hydrogen) atoms. The number of nitriles is 1. The van der Waals surface area contributed by atoms with Crippen LogP contribution in [0, 0.1) is 22.6 Å². The van der Waals surface area contributed by atoms with Crippen molar-refractivity contribution in [1.82, 2.24) is 5.32 Å². The maximum Gasteiger partial charge on any atom is 0.323 e. The number of benzene rings is 2. The van der Waals surface area contributed by atoms with Crippen molar-refractivity contribution < 1.29 is 9.18 Å². The first-order valence-corrected chi connectivity index (χ1v) is 9.10. The number of amides is 2. The zero-order valence-electron chi connectivity index (χ0n) is 15.5. The molecule has 2 amide bonds. The average Bonchev–Trinajstić information content (AvgIpc) is 2.69. The Labute approximate surface area is 158 Å². The van der Waals surface area contributed by atoms with E-state index in [0.29, 0.717) is 11.3 Å². The number of anilines is 1. The number of hydrogen-bond donors (Lipinski definition) is 2. The summed E-state index contributed by atoms with van der Waals surface area (Å²) in [5, 5.41) is 15.2. The Bertz CT molecular complexity index is 939. The summed E-state index contributed by atoms with van der Waals surface area (Å²) in [6.45, 7) is 4.12. The van der Waals surface area contributed by atoms with Gasteiger partial charge in [0.25, 0.3) is 0 Å². The molecule has 1 aliphatic rings. The van der Waals surface area contributed by atoms with Gasteiger partial charge in [-0.25, -0.2) is 9.18 Å². The molecule has 2 aromatic rings. The molecule has 0 heterocycles. The number of allylic oxidation sites excluding steroid dienone is 1. The Morgan fingerprint density at radius 2 is 1.78 bits per heavy atom. The van der Waals surface area contributed by atoms with Crippen molar-refractivity contribution in [3.8, 4) is 6.07 Å². The van der Waals surface area contributed by atoms with Crippen LogP contribution in [0.1, 0.15) is 37.8 Å². The van der Waals surface area contributed by atoms with Crippen molar-refractivity contribution in [3.63, 3.8) is 0 Å². The molecule has 138 valence electrons. The first-order valence-electron chi connectivity index (χ1n) is 9.10. The fourth-order valence-electron chi connectivity index (χ4n) is 3.76. The molecule has 0 bridgehead atoms. The zero-order valence-corrected chi connectivity index (χ0v) is 15.5. The van der Waals surface area contributed by atoms with Crippen molar-refractivity contribution in [1.29, 1.82) is 5.26 Å². The molecular weight excluding hydrogens is 341 g/mol. The number of nitrogens with one attached hydrogen (secondary N) is 2. The van der Waals surface area contributed by atoms with E-state index in [1.54, 1.807) is 12.1 Å². The van der Waals surface area contributed by atoms with Crippen LogP contribution in [0.15, 0.2) is 54.1 Å². The van der Waals surface area contributed by atoms with Gasteiger partial charge < -0.3 is 10.6 Å². The van der Waals surface area contributed by atoms with Gasteiger partial charge in [0, 0.05) is 11.0 Å². The monoisotopic (exact) mass is 363 g/mol. The normalized spacial score (nSPS) is 14.9. The van der Waals surface area contributed by atoms with Gasteiger partial charge in [0.1, 0.15) is 5.82 Å². The third-order valence-corrected chi connectivity index (χ3v) is 5.42. The Hall–Kier alpha value is -3.13. The van der Waals surface area contributed by atoms with Gasteiger partial charge in [-0.15, -0.1) is 0 Å². The zero-order chi connectivity index (χ0) is 19.4. The number of carbonyl (C=O) groups is 1. The van der Waals surface area contributed by atoms with Gasteiger partial charge in [0.15, 0.2) is 0 Å². The lowest BCUT2D eigenvalue weighted by atomic mass is 9.66. The Morgan fingerprint density at radius 3 is 2.44 bits per heavy atom. The topological polar surface area (TPSA) is 64.9 Å². The van der Waals surface area contributed by atoms with Crippen LogP contribution < -0.4 is 10.6 Å². The van der Waals surface area contributed by atoms with Crippen molar-refractivity contribution in [2.75, 3.05) is 5.32 Å². The first-order chi connectivity index (χ1) is 13.0. The molecule has 3 rings (SSSR count). The third-order valence-electron chi connectivity index (χ3n) is 5.42. The fraction of sp³-hybridized carbons (Fsp3) is 0.273. The van der Waals surface area contributed by atoms with E-state index in [0.717, 1.165) is 30.4 Å². The minimum atomic E-state index is -0.569. The summed E-state index contributed by atoms with van der Waals surface area (Å²) in [7, 11) is 0. The maximum absolute atomic E-state index is 13.8. The maximum atomic E-state index is 13.8. The van der Waals surface area contributed by atoms with Gasteiger partial charge in [-0.1, -0.05) is 50.2 Å². The number of urea groups is 1. The molecule has 0 fully saturated rings. The van der Waals surface area contributed by atoms with E-state index in [1.807, 2.05) is 24.3 Å². The molecule has 2 aromatic carbocycles. The standard InChI is InChI=1S/C22H22FN3O/c1-3-22(4-2)13-15-9-5-6-10-16(15)20(17(22)14-24)26-21(27)25-19-12-8-7-11-18(19)23/h5-12H,3-4,13H2,1-2H3,(H2,25,26,27). The highest BCUT2D eigenvalue weighted by molar-refractivity contribution is 5.97. The number of carbonyl (C=O) groups excluding carboxylic acids is 1. The highest BCUT2D eigenvalue weighted by Gasteiger charge is 2.39. The summed E-state index contributed by atoms with van der Waals surface area (Å²) in [6.07, 6.45) is 2.35. The van der Waals surface area contributed by atoms with E-state index < -0.39 is 11.8 Å². The quantitative estimate of drug-likeness (QED) is 0.780. The van der Waals surface area contributed by atoms with Crippen molar-refractivity contribution in [2.24, 2.45) is 5.41 Å². The first kappa shape index (κ1) is 18.7. The second kappa shape index (κ2) is 7.63. The van der Waals surface area contributed by atoms with Crippen LogP contribution >= 0.6 is 0 Å². The highest BCUT2D eigenvalue weighted by Crippen LogP contribution is 2.46. The Balaban J connectivity index is 2.01. The number of hydrogen-bond acceptors (Lipinski definition) is 2. The van der Waals surface area contributed by atoms with Crippen LogP contribution in [0.3, 0.4) is 0 Å². The molecule has 0 aliphatic heterocycles. The van der Waals surface area contributed by atoms with Gasteiger partial charge >= 0.3 is 6.03 Å². The number of nitrogens with zero attached hydrogens (tertiary/aromatic N) is 1. The van der Waals surface area contributed by atoms with E-state index in [2.05, 4.69) is 30.6 Å². The van der Waals surface area contributed by atoms with Crippen LogP contribution in [0.5, 0.6) is 0 Å². The van der Waals surface area contributed by atoms with Crippen LogP contribution in [-0.4, -0.2) is 6.03 Å². The summed E-state index contributed by atoms with van der Waals surface area (Å²) >= 11 is 0. The molecule has 4 nitrogen and oxygen atoms in total. The van der Waals surface area contributed by atoms with E-state index in [9.17, 15) is 14.4 Å². The molecule has 0 saturated heterocycles. The number of halogens is 1. The largest absolute Gasteiger partial charge is 0.323 e. The van der Waals surface area contributed by atoms with E-state index in [4.69, 9.17) is 0 Å². The summed E-state index contributed by atoms with van der Waals surface area (Å²) < 4.78 is 13.8. The smallest absolute Gasteiger partial charge is 0.306 e. The molecule has 2 N–H and O–H groups in total. The minimum Gasteiger partial charge on any atom is -0.306 e. The summed E-state index contributed by atoms with van der Waals surface area (Å²) in [5.74, 6) is -0.511. The lowest BCUT2D eigenvalue weighted by Gasteiger charge is -2.38. The van der Waals surface area contributed by atoms with Crippen LogP contribution in [0.2, 0.25) is 0 Å². The molecular formula is C22H22FN3O. The molecule has 0 spiro atoms. The molecule has 0 aromatic heterocycles. The second-order valence-corrected chi connectivity index (χ2v) is 6.74.